The van der Waals surface area contributed by atoms with Crippen molar-refractivity contribution in [1.82, 2.24) is 4.90 Å². The van der Waals surface area contributed by atoms with Crippen LogP contribution in [0.1, 0.15) is 37.9 Å². The molecule has 2 heterocycles. The second-order valence-corrected chi connectivity index (χ2v) is 8.63. The Bertz CT molecular complexity index is 924. The van der Waals surface area contributed by atoms with Crippen LogP contribution in [0.4, 0.5) is 0 Å². The van der Waals surface area contributed by atoms with Gasteiger partial charge in [0.15, 0.2) is 5.76 Å². The molecule has 1 aromatic heterocycles. The van der Waals surface area contributed by atoms with Crippen molar-refractivity contribution in [2.45, 2.75) is 27.3 Å². The molecule has 1 amide bonds. The lowest BCUT2D eigenvalue weighted by Gasteiger charge is -2.14. The average molecular weight is 382 g/mol. The molecule has 3 rings (SSSR count). The van der Waals surface area contributed by atoms with E-state index in [1.807, 2.05) is 63.2 Å². The molecule has 132 valence electrons. The number of furan rings is 1. The number of carbonyl (C=O) groups is 1. The van der Waals surface area contributed by atoms with Crippen LogP contribution in [-0.2, 0) is 11.3 Å². The number of hydrogen-bond acceptors (Lipinski definition) is 4. The zero-order valence-corrected chi connectivity index (χ0v) is 16.5. The van der Waals surface area contributed by atoms with Crippen molar-refractivity contribution in [1.29, 1.82) is 0 Å². The predicted molar refractivity (Wildman–Crippen MR) is 110 cm³/mol. The van der Waals surface area contributed by atoms with Gasteiger partial charge in [-0.05, 0) is 44.4 Å². The van der Waals surface area contributed by atoms with E-state index in [1.165, 1.54) is 11.8 Å². The predicted octanol–water partition coefficient (Wildman–Crippen LogP) is 5.08. The Labute approximate surface area is 163 Å². The molecule has 2 aromatic rings. The van der Waals surface area contributed by atoms with Gasteiger partial charge in [-0.1, -0.05) is 60.2 Å². The van der Waals surface area contributed by atoms with Crippen LogP contribution in [-0.4, -0.2) is 15.1 Å². The Kier molecular flexibility index (Phi) is 5.36. The minimum atomic E-state index is -0.0948. The first-order valence-electron chi connectivity index (χ1n) is 8.24. The zero-order valence-electron chi connectivity index (χ0n) is 14.9. The molecule has 26 heavy (non-hydrogen) atoms. The molecule has 5 heteroatoms. The molecule has 1 aliphatic rings. The number of nitrogens with zero attached hydrogens (tertiary/aromatic N) is 1. The summed E-state index contributed by atoms with van der Waals surface area (Å²) in [6, 6.07) is 13.4. The Morgan fingerprint density at radius 2 is 1.92 bits per heavy atom. The SMILES string of the molecule is CC(C)(C)C#Cc1ccc(/C=C2\SC(=S)N(Cc3ccccc3)C2=O)o1. The summed E-state index contributed by atoms with van der Waals surface area (Å²) in [5.74, 6) is 7.24. The third-order valence-electron chi connectivity index (χ3n) is 3.52. The Balaban J connectivity index is 1.76. The number of hydrogen-bond donors (Lipinski definition) is 0. The third kappa shape index (κ3) is 4.66. The molecule has 0 aliphatic carbocycles. The van der Waals surface area contributed by atoms with E-state index in [4.69, 9.17) is 16.6 Å². The maximum absolute atomic E-state index is 12.7. The third-order valence-corrected chi connectivity index (χ3v) is 4.90. The van der Waals surface area contributed by atoms with Crippen LogP contribution in [0.15, 0.2) is 51.8 Å². The molecule has 0 bridgehead atoms. The second-order valence-electron chi connectivity index (χ2n) is 6.96. The van der Waals surface area contributed by atoms with E-state index in [0.717, 1.165) is 5.56 Å². The van der Waals surface area contributed by atoms with E-state index in [0.29, 0.717) is 27.3 Å². The first-order chi connectivity index (χ1) is 12.3. The van der Waals surface area contributed by atoms with Gasteiger partial charge in [0.05, 0.1) is 11.4 Å². The zero-order chi connectivity index (χ0) is 18.7. The quantitative estimate of drug-likeness (QED) is 0.422. The topological polar surface area (TPSA) is 33.5 Å². The van der Waals surface area contributed by atoms with Crippen molar-refractivity contribution in [2.75, 3.05) is 0 Å². The lowest BCUT2D eigenvalue weighted by Crippen LogP contribution is -2.27. The van der Waals surface area contributed by atoms with Gasteiger partial charge < -0.3 is 4.42 Å². The van der Waals surface area contributed by atoms with Crippen LogP contribution in [0.2, 0.25) is 0 Å². The fourth-order valence-electron chi connectivity index (χ4n) is 2.28. The molecule has 0 saturated carbocycles. The van der Waals surface area contributed by atoms with E-state index in [1.54, 1.807) is 11.0 Å². The molecule has 0 radical (unpaired) electrons. The van der Waals surface area contributed by atoms with Crippen molar-refractivity contribution in [3.05, 3.63) is 64.5 Å². The van der Waals surface area contributed by atoms with Gasteiger partial charge in [-0.3, -0.25) is 9.69 Å². The second kappa shape index (κ2) is 7.53. The molecule has 0 spiro atoms. The highest BCUT2D eigenvalue weighted by Gasteiger charge is 2.32. The van der Waals surface area contributed by atoms with Crippen LogP contribution in [0.3, 0.4) is 0 Å². The van der Waals surface area contributed by atoms with Gasteiger partial charge in [-0.25, -0.2) is 0 Å². The largest absolute Gasteiger partial charge is 0.448 e. The minimum absolute atomic E-state index is 0.0905. The highest BCUT2D eigenvalue weighted by atomic mass is 32.2. The first-order valence-corrected chi connectivity index (χ1v) is 9.47. The monoisotopic (exact) mass is 381 g/mol. The van der Waals surface area contributed by atoms with E-state index >= 15 is 0 Å². The van der Waals surface area contributed by atoms with Crippen LogP contribution in [0.25, 0.3) is 6.08 Å². The highest BCUT2D eigenvalue weighted by Crippen LogP contribution is 2.33. The molecule has 0 unspecified atom stereocenters. The van der Waals surface area contributed by atoms with Crippen molar-refractivity contribution < 1.29 is 9.21 Å². The molecule has 1 aliphatic heterocycles. The lowest BCUT2D eigenvalue weighted by molar-refractivity contribution is -0.122. The van der Waals surface area contributed by atoms with E-state index < -0.39 is 0 Å². The van der Waals surface area contributed by atoms with Gasteiger partial charge in [-0.15, -0.1) is 0 Å². The van der Waals surface area contributed by atoms with Gasteiger partial charge >= 0.3 is 0 Å². The normalized spacial score (nSPS) is 16.1. The van der Waals surface area contributed by atoms with Crippen molar-refractivity contribution in [2.24, 2.45) is 5.41 Å². The molecule has 1 saturated heterocycles. The molecule has 3 nitrogen and oxygen atoms in total. The summed E-state index contributed by atoms with van der Waals surface area (Å²) >= 11 is 6.67. The molecule has 1 aromatic carbocycles. The van der Waals surface area contributed by atoms with Crippen molar-refractivity contribution in [3.8, 4) is 11.8 Å². The molecular weight excluding hydrogens is 362 g/mol. The summed E-state index contributed by atoms with van der Waals surface area (Å²) in [4.78, 5) is 14.8. The summed E-state index contributed by atoms with van der Waals surface area (Å²) in [7, 11) is 0. The summed E-state index contributed by atoms with van der Waals surface area (Å²) in [5, 5.41) is 0. The number of rotatable bonds is 3. The van der Waals surface area contributed by atoms with Crippen LogP contribution >= 0.6 is 24.0 Å². The van der Waals surface area contributed by atoms with Gasteiger partial charge in [0.2, 0.25) is 0 Å². The Hall–Kier alpha value is -2.29. The highest BCUT2D eigenvalue weighted by molar-refractivity contribution is 8.26. The Morgan fingerprint density at radius 3 is 2.62 bits per heavy atom. The minimum Gasteiger partial charge on any atom is -0.448 e. The number of thioether (sulfide) groups is 1. The van der Waals surface area contributed by atoms with E-state index in [2.05, 4.69) is 11.8 Å². The number of amides is 1. The Morgan fingerprint density at radius 1 is 1.19 bits per heavy atom. The summed E-state index contributed by atoms with van der Waals surface area (Å²) in [5.41, 5.74) is 0.954. The van der Waals surface area contributed by atoms with E-state index in [9.17, 15) is 4.79 Å². The molecular formula is C21H19NO2S2. The maximum atomic E-state index is 12.7. The fraction of sp³-hybridized carbons (Fsp3) is 0.238. The van der Waals surface area contributed by atoms with Crippen LogP contribution in [0.5, 0.6) is 0 Å². The van der Waals surface area contributed by atoms with Gasteiger partial charge in [0, 0.05) is 11.5 Å². The maximum Gasteiger partial charge on any atom is 0.266 e. The van der Waals surface area contributed by atoms with Crippen molar-refractivity contribution in [3.63, 3.8) is 0 Å². The summed E-state index contributed by atoms with van der Waals surface area (Å²) in [6.45, 7) is 6.61. The van der Waals surface area contributed by atoms with Crippen LogP contribution < -0.4 is 0 Å². The van der Waals surface area contributed by atoms with E-state index in [-0.39, 0.29) is 11.3 Å². The summed E-state index contributed by atoms with van der Waals surface area (Å²) < 4.78 is 6.26. The lowest BCUT2D eigenvalue weighted by atomic mass is 9.98. The number of thiocarbonyl (C=S) groups is 1. The van der Waals surface area contributed by atoms with Crippen molar-refractivity contribution >= 4 is 40.3 Å². The number of carbonyl (C=O) groups excluding carboxylic acids is 1. The molecule has 0 N–H and O–H groups in total. The standard InChI is InChI=1S/C21H19NO2S2/c1-21(2,3)12-11-16-9-10-17(24-16)13-18-19(23)22(20(25)26-18)14-15-7-5-4-6-8-15/h4-10,13H,14H2,1-3H3/b18-13-. The van der Waals surface area contributed by atoms with Gasteiger partial charge in [0.25, 0.3) is 5.91 Å². The number of benzene rings is 1. The van der Waals surface area contributed by atoms with Crippen LogP contribution in [0, 0.1) is 17.3 Å². The first kappa shape index (κ1) is 18.5. The summed E-state index contributed by atoms with van der Waals surface area (Å²) in [6.07, 6.45) is 1.73. The van der Waals surface area contributed by atoms with Gasteiger partial charge in [-0.2, -0.15) is 0 Å². The average Bonchev–Trinajstić information content (AvgIpc) is 3.14. The fourth-order valence-corrected chi connectivity index (χ4v) is 3.51. The molecule has 1 fully saturated rings. The smallest absolute Gasteiger partial charge is 0.266 e. The van der Waals surface area contributed by atoms with Gasteiger partial charge in [0.1, 0.15) is 10.1 Å². The molecule has 0 atom stereocenters.